The molecule has 2 amide bonds. The zero-order chi connectivity index (χ0) is 22.0. The normalized spacial score (nSPS) is 31.9. The predicted molar refractivity (Wildman–Crippen MR) is 127 cm³/mol. The average Bonchev–Trinajstić information content (AvgIpc) is 3.57. The van der Waals surface area contributed by atoms with Gasteiger partial charge in [0.2, 0.25) is 0 Å². The van der Waals surface area contributed by atoms with Crippen LogP contribution in [-0.2, 0) is 16.2 Å². The highest BCUT2D eigenvalue weighted by molar-refractivity contribution is 9.10. The Labute approximate surface area is 202 Å². The molecule has 4 aliphatic carbocycles. The van der Waals surface area contributed by atoms with E-state index in [0.29, 0.717) is 24.2 Å². The Kier molecular flexibility index (Phi) is 4.88. The van der Waals surface area contributed by atoms with Crippen LogP contribution < -0.4 is 4.74 Å². The molecule has 2 saturated carbocycles. The number of hydrogen-bond donors (Lipinski definition) is 0. The lowest BCUT2D eigenvalue weighted by Crippen LogP contribution is -2.40. The summed E-state index contributed by atoms with van der Waals surface area (Å²) >= 11 is 6.97. The van der Waals surface area contributed by atoms with E-state index in [1.54, 1.807) is 6.21 Å². The monoisotopic (exact) mass is 554 g/mol. The molecule has 0 unspecified atom stereocenters. The minimum atomic E-state index is -0.223. The fraction of sp³-hybridized carbons (Fsp3) is 0.320. The van der Waals surface area contributed by atoms with Gasteiger partial charge in [-0.05, 0) is 87.5 Å². The molecule has 5 aliphatic rings. The van der Waals surface area contributed by atoms with E-state index in [-0.39, 0.29) is 35.5 Å². The maximum atomic E-state index is 13.0. The van der Waals surface area contributed by atoms with Crippen LogP contribution in [0.4, 0.5) is 0 Å². The number of hydrogen-bond acceptors (Lipinski definition) is 4. The van der Waals surface area contributed by atoms with Crippen LogP contribution in [0.15, 0.2) is 68.7 Å². The van der Waals surface area contributed by atoms with Crippen LogP contribution in [0.2, 0.25) is 0 Å². The number of amides is 2. The van der Waals surface area contributed by atoms with E-state index in [2.05, 4.69) is 49.1 Å². The molecular formula is C25H20Br2N2O3. The highest BCUT2D eigenvalue weighted by atomic mass is 79.9. The number of nitrogens with zero attached hydrogens (tertiary/aromatic N) is 2. The number of carbonyl (C=O) groups excluding carboxylic acids is 2. The first-order valence-corrected chi connectivity index (χ1v) is 12.4. The van der Waals surface area contributed by atoms with E-state index in [9.17, 15) is 9.59 Å². The lowest BCUT2D eigenvalue weighted by atomic mass is 9.63. The van der Waals surface area contributed by atoms with E-state index in [0.717, 1.165) is 31.5 Å². The van der Waals surface area contributed by atoms with Crippen LogP contribution in [0.3, 0.4) is 0 Å². The van der Waals surface area contributed by atoms with Gasteiger partial charge in [0.1, 0.15) is 12.4 Å². The minimum absolute atomic E-state index is 0.144. The molecule has 2 bridgehead atoms. The van der Waals surface area contributed by atoms with E-state index in [1.165, 1.54) is 0 Å². The first kappa shape index (κ1) is 20.4. The summed E-state index contributed by atoms with van der Waals surface area (Å²) in [5.41, 5.74) is 1.85. The molecular weight excluding hydrogens is 536 g/mol. The Morgan fingerprint density at radius 2 is 1.62 bits per heavy atom. The third kappa shape index (κ3) is 3.28. The number of benzene rings is 2. The van der Waals surface area contributed by atoms with Crippen molar-refractivity contribution in [2.75, 3.05) is 0 Å². The van der Waals surface area contributed by atoms with Crippen molar-refractivity contribution in [3.05, 3.63) is 74.7 Å². The molecule has 1 heterocycles. The van der Waals surface area contributed by atoms with Gasteiger partial charge >= 0.3 is 0 Å². The summed E-state index contributed by atoms with van der Waals surface area (Å²) in [7, 11) is 0. The number of allylic oxidation sites excluding steroid dienone is 2. The molecule has 7 heteroatoms. The van der Waals surface area contributed by atoms with Crippen molar-refractivity contribution in [1.82, 2.24) is 5.01 Å². The van der Waals surface area contributed by atoms with Crippen molar-refractivity contribution in [2.45, 2.75) is 13.0 Å². The molecule has 1 saturated heterocycles. The number of imide groups is 1. The van der Waals surface area contributed by atoms with E-state index in [1.807, 2.05) is 42.5 Å². The number of halogens is 2. The summed E-state index contributed by atoms with van der Waals surface area (Å²) < 4.78 is 7.72. The Morgan fingerprint density at radius 3 is 2.25 bits per heavy atom. The van der Waals surface area contributed by atoms with Crippen LogP contribution in [0, 0.1) is 35.5 Å². The summed E-state index contributed by atoms with van der Waals surface area (Å²) in [4.78, 5) is 26.0. The van der Waals surface area contributed by atoms with Gasteiger partial charge in [-0.2, -0.15) is 10.1 Å². The molecule has 3 fully saturated rings. The lowest BCUT2D eigenvalue weighted by molar-refractivity contribution is -0.140. The molecule has 0 N–H and O–H groups in total. The second-order valence-corrected chi connectivity index (χ2v) is 10.8. The highest BCUT2D eigenvalue weighted by Gasteiger charge is 2.67. The molecule has 5 nitrogen and oxygen atoms in total. The van der Waals surface area contributed by atoms with Crippen molar-refractivity contribution in [3.63, 3.8) is 0 Å². The molecule has 6 atom stereocenters. The van der Waals surface area contributed by atoms with Gasteiger partial charge in [-0.1, -0.05) is 40.2 Å². The Morgan fingerprint density at radius 1 is 0.969 bits per heavy atom. The SMILES string of the molecule is O=C1[C@@H]2[C@H]3C=C[C@@H]([C@@H]4C[C@@H]34)[C@H]2C(=O)N1N=Cc1ccc(OCc2ccc(Br)cc2)c(Br)c1. The van der Waals surface area contributed by atoms with Crippen LogP contribution in [0.25, 0.3) is 0 Å². The molecule has 1 aliphatic heterocycles. The largest absolute Gasteiger partial charge is 0.488 e. The third-order valence-electron chi connectivity index (χ3n) is 7.23. The Bertz CT molecular complexity index is 1140. The zero-order valence-corrected chi connectivity index (χ0v) is 20.2. The van der Waals surface area contributed by atoms with Crippen LogP contribution in [-0.4, -0.2) is 23.0 Å². The molecule has 0 aromatic heterocycles. The van der Waals surface area contributed by atoms with Gasteiger partial charge in [0.05, 0.1) is 22.5 Å². The van der Waals surface area contributed by atoms with Crippen molar-refractivity contribution in [3.8, 4) is 5.75 Å². The van der Waals surface area contributed by atoms with Gasteiger partial charge in [0.25, 0.3) is 11.8 Å². The van der Waals surface area contributed by atoms with Gasteiger partial charge in [-0.3, -0.25) is 9.59 Å². The smallest absolute Gasteiger partial charge is 0.254 e. The molecule has 32 heavy (non-hydrogen) atoms. The molecule has 2 aromatic rings. The zero-order valence-electron chi connectivity index (χ0n) is 17.0. The summed E-state index contributed by atoms with van der Waals surface area (Å²) in [6, 6.07) is 13.6. The van der Waals surface area contributed by atoms with Gasteiger partial charge in [0, 0.05) is 4.47 Å². The maximum Gasteiger partial charge on any atom is 0.254 e. The van der Waals surface area contributed by atoms with Gasteiger partial charge in [-0.15, -0.1) is 0 Å². The summed E-state index contributed by atoms with van der Waals surface area (Å²) in [6.45, 7) is 0.456. The maximum absolute atomic E-state index is 13.0. The number of carbonyl (C=O) groups is 2. The van der Waals surface area contributed by atoms with Crippen molar-refractivity contribution < 1.29 is 14.3 Å². The second-order valence-electron chi connectivity index (χ2n) is 8.99. The van der Waals surface area contributed by atoms with Gasteiger partial charge in [0.15, 0.2) is 0 Å². The molecule has 2 aromatic carbocycles. The minimum Gasteiger partial charge on any atom is -0.488 e. The quantitative estimate of drug-likeness (QED) is 0.290. The molecule has 162 valence electrons. The number of rotatable bonds is 5. The predicted octanol–water partition coefficient (Wildman–Crippen LogP) is 5.18. The number of ether oxygens (including phenoxy) is 1. The average molecular weight is 556 g/mol. The molecule has 0 radical (unpaired) electrons. The summed E-state index contributed by atoms with van der Waals surface area (Å²) in [5, 5.41) is 5.41. The van der Waals surface area contributed by atoms with Gasteiger partial charge < -0.3 is 4.74 Å². The third-order valence-corrected chi connectivity index (χ3v) is 8.37. The van der Waals surface area contributed by atoms with Crippen LogP contribution in [0.5, 0.6) is 5.75 Å². The van der Waals surface area contributed by atoms with Crippen LogP contribution in [0.1, 0.15) is 17.5 Å². The van der Waals surface area contributed by atoms with Crippen molar-refractivity contribution in [1.29, 1.82) is 0 Å². The molecule has 0 spiro atoms. The van der Waals surface area contributed by atoms with E-state index >= 15 is 0 Å². The van der Waals surface area contributed by atoms with Crippen molar-refractivity contribution in [2.24, 2.45) is 40.6 Å². The Balaban J connectivity index is 1.15. The fourth-order valence-electron chi connectivity index (χ4n) is 5.64. The number of hydrazone groups is 1. The first-order valence-electron chi connectivity index (χ1n) is 10.8. The molecule has 7 rings (SSSR count). The van der Waals surface area contributed by atoms with Crippen LogP contribution >= 0.6 is 31.9 Å². The highest BCUT2D eigenvalue weighted by Crippen LogP contribution is 2.65. The van der Waals surface area contributed by atoms with Crippen molar-refractivity contribution >= 4 is 49.9 Å². The fourth-order valence-corrected chi connectivity index (χ4v) is 6.41. The topological polar surface area (TPSA) is 59.0 Å². The first-order chi connectivity index (χ1) is 15.5. The Hall–Kier alpha value is -2.25. The summed E-state index contributed by atoms with van der Waals surface area (Å²) in [6.07, 6.45) is 7.07. The van der Waals surface area contributed by atoms with E-state index < -0.39 is 0 Å². The van der Waals surface area contributed by atoms with E-state index in [4.69, 9.17) is 4.74 Å². The lowest BCUT2D eigenvalue weighted by Gasteiger charge is -2.37. The second kappa shape index (κ2) is 7.66. The van der Waals surface area contributed by atoms with Gasteiger partial charge in [-0.25, -0.2) is 0 Å². The standard InChI is InChI=1S/C25H20Br2N2O3/c26-15-4-1-13(2-5-15)12-32-21-8-3-14(9-20(21)27)11-28-29-24(30)22-16-6-7-17(19-10-18(16)19)23(22)25(29)31/h1-9,11,16-19,22-23H,10,12H2/t16-,17-,18-,19-,22+,23+/m0/s1. The summed E-state index contributed by atoms with van der Waals surface area (Å²) in [5.74, 6) is 1.58.